The number of aromatic amines is 1. The van der Waals surface area contributed by atoms with Crippen LogP contribution in [0.15, 0.2) is 35.1 Å². The zero-order valence-corrected chi connectivity index (χ0v) is 11.9. The Morgan fingerprint density at radius 3 is 2.17 bits per heavy atom. The Morgan fingerprint density at radius 1 is 1.04 bits per heavy atom. The van der Waals surface area contributed by atoms with Gasteiger partial charge < -0.3 is 4.98 Å². The second-order valence-electron chi connectivity index (χ2n) is 4.48. The molecule has 1 heterocycles. The lowest BCUT2D eigenvalue weighted by Gasteiger charge is -2.07. The van der Waals surface area contributed by atoms with E-state index in [2.05, 4.69) is 4.98 Å². The molecule has 2 aromatic rings. The largest absolute Gasteiger partial charge is 0.416 e. The van der Waals surface area contributed by atoms with Gasteiger partial charge in [-0.25, -0.2) is 4.79 Å². The first kappa shape index (κ1) is 17.1. The average Bonchev–Trinajstić information content (AvgIpc) is 2.43. The maximum atomic E-state index is 13.0. The number of nitrogens with one attached hydrogen (secondary N) is 1. The second kappa shape index (κ2) is 6.11. The van der Waals surface area contributed by atoms with Crippen molar-refractivity contribution in [1.82, 2.24) is 9.97 Å². The van der Waals surface area contributed by atoms with Gasteiger partial charge in [-0.15, -0.1) is 0 Å². The maximum Gasteiger partial charge on any atom is 0.416 e. The van der Waals surface area contributed by atoms with E-state index in [1.54, 1.807) is 4.98 Å². The van der Waals surface area contributed by atoms with Gasteiger partial charge in [0, 0.05) is 0 Å². The summed E-state index contributed by atoms with van der Waals surface area (Å²) in [6, 6.07) is 5.02. The minimum absolute atomic E-state index is 0.107. The van der Waals surface area contributed by atoms with Crippen LogP contribution < -0.4 is 5.69 Å². The van der Waals surface area contributed by atoms with E-state index in [0.29, 0.717) is 5.56 Å². The molecule has 1 aromatic carbocycles. The molecule has 1 aromatic heterocycles. The SMILES string of the molecule is O=c1nc(/C=C/c2ccc(C(F)(F)F)cc2)cc(C(F)(F)Cl)[nH]1. The van der Waals surface area contributed by atoms with Crippen molar-refractivity contribution in [2.75, 3.05) is 0 Å². The van der Waals surface area contributed by atoms with Crippen LogP contribution in [0.2, 0.25) is 0 Å². The highest BCUT2D eigenvalue weighted by Gasteiger charge is 2.30. The highest BCUT2D eigenvalue weighted by molar-refractivity contribution is 6.21. The Morgan fingerprint density at radius 2 is 1.65 bits per heavy atom. The molecule has 0 saturated heterocycles. The average molecular weight is 351 g/mol. The molecule has 23 heavy (non-hydrogen) atoms. The first-order valence-corrected chi connectivity index (χ1v) is 6.47. The number of rotatable bonds is 3. The number of hydrogen-bond donors (Lipinski definition) is 1. The molecule has 0 aliphatic heterocycles. The lowest BCUT2D eigenvalue weighted by Crippen LogP contribution is -2.18. The predicted molar refractivity (Wildman–Crippen MR) is 75.0 cm³/mol. The number of aromatic nitrogens is 2. The Bertz CT molecular complexity index is 775. The minimum atomic E-state index is -4.45. The third-order valence-corrected chi connectivity index (χ3v) is 2.96. The molecule has 0 spiro atoms. The monoisotopic (exact) mass is 350 g/mol. The molecule has 0 fully saturated rings. The summed E-state index contributed by atoms with van der Waals surface area (Å²) >= 11 is 4.82. The summed E-state index contributed by atoms with van der Waals surface area (Å²) in [5.74, 6) is 0. The summed E-state index contributed by atoms with van der Waals surface area (Å²) in [5.41, 5.74) is -2.39. The van der Waals surface area contributed by atoms with Crippen LogP contribution in [-0.4, -0.2) is 9.97 Å². The molecule has 0 radical (unpaired) electrons. The molecule has 0 atom stereocenters. The number of hydrogen-bond acceptors (Lipinski definition) is 2. The Balaban J connectivity index is 2.27. The molecule has 0 aliphatic rings. The molecule has 9 heteroatoms. The smallest absolute Gasteiger partial charge is 0.303 e. The third-order valence-electron chi connectivity index (χ3n) is 2.75. The molecular weight excluding hydrogens is 343 g/mol. The van der Waals surface area contributed by atoms with Crippen LogP contribution in [0.1, 0.15) is 22.5 Å². The number of alkyl halides is 6. The molecule has 0 unspecified atom stereocenters. The highest BCUT2D eigenvalue weighted by Crippen LogP contribution is 2.31. The fourth-order valence-corrected chi connectivity index (χ4v) is 1.78. The number of H-pyrrole nitrogens is 1. The molecule has 0 bridgehead atoms. The van der Waals surface area contributed by atoms with Crippen molar-refractivity contribution in [3.05, 3.63) is 63.3 Å². The van der Waals surface area contributed by atoms with Crippen molar-refractivity contribution in [2.24, 2.45) is 0 Å². The topological polar surface area (TPSA) is 45.8 Å². The summed E-state index contributed by atoms with van der Waals surface area (Å²) < 4.78 is 63.2. The molecule has 1 N–H and O–H groups in total. The molecular formula is C14H8ClF5N2O. The van der Waals surface area contributed by atoms with Gasteiger partial charge in [0.15, 0.2) is 0 Å². The number of nitrogens with zero attached hydrogens (tertiary/aromatic N) is 1. The summed E-state index contributed by atoms with van der Waals surface area (Å²) in [5, 5.41) is -3.76. The van der Waals surface area contributed by atoms with Crippen LogP contribution in [0.3, 0.4) is 0 Å². The first-order chi connectivity index (χ1) is 10.6. The van der Waals surface area contributed by atoms with Gasteiger partial charge in [0.1, 0.15) is 5.69 Å². The molecule has 0 aliphatic carbocycles. The van der Waals surface area contributed by atoms with E-state index in [1.807, 2.05) is 0 Å². The third kappa shape index (κ3) is 4.62. The van der Waals surface area contributed by atoms with Gasteiger partial charge in [0.05, 0.1) is 11.3 Å². The van der Waals surface area contributed by atoms with E-state index in [4.69, 9.17) is 11.6 Å². The van der Waals surface area contributed by atoms with E-state index in [-0.39, 0.29) is 5.69 Å². The van der Waals surface area contributed by atoms with Crippen LogP contribution in [0, 0.1) is 0 Å². The van der Waals surface area contributed by atoms with Gasteiger partial charge in [-0.1, -0.05) is 18.2 Å². The summed E-state index contributed by atoms with van der Waals surface area (Å²) in [6.07, 6.45) is -1.90. The lowest BCUT2D eigenvalue weighted by molar-refractivity contribution is -0.137. The standard InChI is InChI=1S/C14H8ClF5N2O/c15-13(16,17)11-7-10(21-12(23)22-11)6-3-8-1-4-9(5-2-8)14(18,19)20/h1-7H,(H,21,22,23)/b6-3+. The van der Waals surface area contributed by atoms with Crippen molar-refractivity contribution >= 4 is 23.8 Å². The zero-order chi connectivity index (χ0) is 17.3. The van der Waals surface area contributed by atoms with Gasteiger partial charge in [-0.05, 0) is 41.4 Å². The van der Waals surface area contributed by atoms with Crippen molar-refractivity contribution in [1.29, 1.82) is 0 Å². The highest BCUT2D eigenvalue weighted by atomic mass is 35.5. The molecule has 0 saturated carbocycles. The van der Waals surface area contributed by atoms with Crippen LogP contribution in [0.25, 0.3) is 12.2 Å². The fourth-order valence-electron chi connectivity index (χ4n) is 1.68. The van der Waals surface area contributed by atoms with Crippen LogP contribution in [0.5, 0.6) is 0 Å². The van der Waals surface area contributed by atoms with Crippen LogP contribution in [0.4, 0.5) is 22.0 Å². The number of benzene rings is 1. The Kier molecular flexibility index (Phi) is 4.56. The predicted octanol–water partition coefficient (Wildman–Crippen LogP) is 4.25. The molecule has 2 rings (SSSR count). The molecule has 0 amide bonds. The fraction of sp³-hybridized carbons (Fsp3) is 0.143. The minimum Gasteiger partial charge on any atom is -0.303 e. The second-order valence-corrected chi connectivity index (χ2v) is 4.95. The van der Waals surface area contributed by atoms with E-state index in [0.717, 1.165) is 18.2 Å². The van der Waals surface area contributed by atoms with E-state index < -0.39 is 28.5 Å². The first-order valence-electron chi connectivity index (χ1n) is 6.09. The van der Waals surface area contributed by atoms with Gasteiger partial charge in [-0.2, -0.15) is 26.9 Å². The summed E-state index contributed by atoms with van der Waals surface area (Å²) in [6.45, 7) is 0. The zero-order valence-electron chi connectivity index (χ0n) is 11.2. The summed E-state index contributed by atoms with van der Waals surface area (Å²) in [7, 11) is 0. The van der Waals surface area contributed by atoms with E-state index >= 15 is 0 Å². The van der Waals surface area contributed by atoms with Crippen molar-refractivity contribution in [2.45, 2.75) is 11.6 Å². The normalized spacial score (nSPS) is 12.8. The van der Waals surface area contributed by atoms with Gasteiger partial charge >= 0.3 is 17.2 Å². The van der Waals surface area contributed by atoms with Crippen molar-refractivity contribution < 1.29 is 22.0 Å². The van der Waals surface area contributed by atoms with Crippen LogP contribution in [-0.2, 0) is 11.6 Å². The lowest BCUT2D eigenvalue weighted by atomic mass is 10.1. The van der Waals surface area contributed by atoms with Gasteiger partial charge in [-0.3, -0.25) is 0 Å². The molecule has 122 valence electrons. The number of halogens is 6. The van der Waals surface area contributed by atoms with Gasteiger partial charge in [0.2, 0.25) is 0 Å². The van der Waals surface area contributed by atoms with E-state index in [1.165, 1.54) is 24.3 Å². The maximum absolute atomic E-state index is 13.0. The van der Waals surface area contributed by atoms with Crippen molar-refractivity contribution in [3.63, 3.8) is 0 Å². The van der Waals surface area contributed by atoms with E-state index in [9.17, 15) is 26.7 Å². The summed E-state index contributed by atoms with van der Waals surface area (Å²) in [4.78, 5) is 16.5. The molecule has 3 nitrogen and oxygen atoms in total. The Labute approximate surface area is 131 Å². The van der Waals surface area contributed by atoms with Crippen molar-refractivity contribution in [3.8, 4) is 0 Å². The van der Waals surface area contributed by atoms with Gasteiger partial charge in [0.25, 0.3) is 0 Å². The Hall–Kier alpha value is -2.22. The van der Waals surface area contributed by atoms with Crippen LogP contribution >= 0.6 is 11.6 Å². The quantitative estimate of drug-likeness (QED) is 0.664.